The average molecular weight is 418 g/mol. The standard InChI is InChI=1S/C27H35N3O/c31-27-28-18-15-21-9-7-8-14-25(21)26(22-10-3-1-4-11-22)30(27)24-16-19-29(20-17-24)23-12-5-2-6-13-23/h1,3-4,7-11,14,23-24,26H,2,5-6,12-13,15-20H2,(H,28,31). The lowest BCUT2D eigenvalue weighted by Gasteiger charge is -2.46. The molecule has 2 aliphatic heterocycles. The first kappa shape index (κ1) is 20.6. The van der Waals surface area contributed by atoms with Gasteiger partial charge in [0, 0.05) is 31.7 Å². The van der Waals surface area contributed by atoms with Crippen molar-refractivity contribution in [3.63, 3.8) is 0 Å². The first-order chi connectivity index (χ1) is 15.3. The minimum Gasteiger partial charge on any atom is -0.338 e. The van der Waals surface area contributed by atoms with E-state index in [0.717, 1.165) is 38.4 Å². The van der Waals surface area contributed by atoms with Crippen molar-refractivity contribution in [1.29, 1.82) is 0 Å². The second-order valence-corrected chi connectivity index (χ2v) is 9.46. The average Bonchev–Trinajstić information content (AvgIpc) is 2.83. The zero-order valence-electron chi connectivity index (χ0n) is 18.5. The van der Waals surface area contributed by atoms with Gasteiger partial charge in [0.2, 0.25) is 0 Å². The fraction of sp³-hybridized carbons (Fsp3) is 0.519. The third-order valence-electron chi connectivity index (χ3n) is 7.63. The normalized spacial score (nSPS) is 24.2. The van der Waals surface area contributed by atoms with E-state index in [1.807, 2.05) is 0 Å². The van der Waals surface area contributed by atoms with Crippen LogP contribution in [0.5, 0.6) is 0 Å². The summed E-state index contributed by atoms with van der Waals surface area (Å²) in [5, 5.41) is 3.22. The van der Waals surface area contributed by atoms with Gasteiger partial charge in [-0.05, 0) is 48.8 Å². The van der Waals surface area contributed by atoms with E-state index in [-0.39, 0.29) is 18.1 Å². The van der Waals surface area contributed by atoms with E-state index in [0.29, 0.717) is 6.54 Å². The first-order valence-corrected chi connectivity index (χ1v) is 12.2. The number of fused-ring (bicyclic) bond motifs is 1. The summed E-state index contributed by atoms with van der Waals surface area (Å²) in [6, 6.07) is 20.4. The van der Waals surface area contributed by atoms with Crippen LogP contribution in [0.2, 0.25) is 0 Å². The van der Waals surface area contributed by atoms with Gasteiger partial charge >= 0.3 is 6.03 Å². The van der Waals surface area contributed by atoms with E-state index < -0.39 is 0 Å². The predicted octanol–water partition coefficient (Wildman–Crippen LogP) is 5.14. The number of carbonyl (C=O) groups excluding carboxylic acids is 1. The van der Waals surface area contributed by atoms with Crippen LogP contribution >= 0.6 is 0 Å². The highest BCUT2D eigenvalue weighted by atomic mass is 16.2. The van der Waals surface area contributed by atoms with Gasteiger partial charge in [-0.3, -0.25) is 0 Å². The summed E-state index contributed by atoms with van der Waals surface area (Å²) >= 11 is 0. The Hall–Kier alpha value is -2.33. The summed E-state index contributed by atoms with van der Waals surface area (Å²) in [6.07, 6.45) is 9.89. The number of amides is 2. The van der Waals surface area contributed by atoms with Gasteiger partial charge in [0.25, 0.3) is 0 Å². The topological polar surface area (TPSA) is 35.6 Å². The van der Waals surface area contributed by atoms with Gasteiger partial charge < -0.3 is 15.1 Å². The maximum absolute atomic E-state index is 13.4. The Kier molecular flexibility index (Phi) is 6.26. The van der Waals surface area contributed by atoms with Gasteiger partial charge in [-0.1, -0.05) is 73.9 Å². The minimum atomic E-state index is -0.0241. The van der Waals surface area contributed by atoms with Crippen molar-refractivity contribution in [3.8, 4) is 0 Å². The Morgan fingerprint density at radius 1 is 0.774 bits per heavy atom. The van der Waals surface area contributed by atoms with Crippen molar-refractivity contribution in [2.75, 3.05) is 19.6 Å². The second kappa shape index (κ2) is 9.44. The molecule has 2 amide bonds. The third kappa shape index (κ3) is 4.36. The van der Waals surface area contributed by atoms with Crippen LogP contribution in [0.1, 0.15) is 67.7 Å². The number of rotatable bonds is 3. The highest BCUT2D eigenvalue weighted by Crippen LogP contribution is 2.37. The van der Waals surface area contributed by atoms with Gasteiger partial charge in [-0.2, -0.15) is 0 Å². The van der Waals surface area contributed by atoms with Crippen LogP contribution in [0, 0.1) is 0 Å². The molecule has 0 bridgehead atoms. The summed E-state index contributed by atoms with van der Waals surface area (Å²) in [7, 11) is 0. The van der Waals surface area contributed by atoms with Crippen molar-refractivity contribution >= 4 is 6.03 Å². The van der Waals surface area contributed by atoms with E-state index in [1.165, 1.54) is 48.8 Å². The Balaban J connectivity index is 1.44. The molecule has 164 valence electrons. The lowest BCUT2D eigenvalue weighted by atomic mass is 9.88. The van der Waals surface area contributed by atoms with Crippen molar-refractivity contribution in [2.45, 2.75) is 69.5 Å². The molecule has 31 heavy (non-hydrogen) atoms. The highest BCUT2D eigenvalue weighted by Gasteiger charge is 2.37. The van der Waals surface area contributed by atoms with Gasteiger partial charge in [-0.25, -0.2) is 4.79 Å². The maximum atomic E-state index is 13.4. The quantitative estimate of drug-likeness (QED) is 0.750. The van der Waals surface area contributed by atoms with Crippen LogP contribution in [0.25, 0.3) is 0 Å². The molecule has 0 spiro atoms. The molecule has 4 heteroatoms. The summed E-state index contributed by atoms with van der Waals surface area (Å²) in [5.41, 5.74) is 3.85. The molecule has 1 saturated heterocycles. The van der Waals surface area contributed by atoms with Crippen molar-refractivity contribution in [2.24, 2.45) is 0 Å². The molecule has 1 saturated carbocycles. The molecular weight excluding hydrogens is 382 g/mol. The molecule has 5 rings (SSSR count). The van der Waals surface area contributed by atoms with E-state index in [1.54, 1.807) is 0 Å². The molecule has 2 fully saturated rings. The van der Waals surface area contributed by atoms with Gasteiger partial charge in [0.1, 0.15) is 0 Å². The SMILES string of the molecule is O=C1NCCc2ccccc2C(c2ccccc2)N1C1CCN(C2CCCCC2)CC1. The van der Waals surface area contributed by atoms with E-state index in [9.17, 15) is 4.79 Å². The lowest BCUT2D eigenvalue weighted by molar-refractivity contribution is 0.0711. The number of carbonyl (C=O) groups is 1. The monoisotopic (exact) mass is 417 g/mol. The van der Waals surface area contributed by atoms with Crippen LogP contribution in [-0.4, -0.2) is 47.5 Å². The summed E-state index contributed by atoms with van der Waals surface area (Å²) < 4.78 is 0. The van der Waals surface area contributed by atoms with Crippen LogP contribution in [-0.2, 0) is 6.42 Å². The molecule has 4 nitrogen and oxygen atoms in total. The number of nitrogens with one attached hydrogen (secondary N) is 1. The number of benzene rings is 2. The third-order valence-corrected chi connectivity index (χ3v) is 7.63. The maximum Gasteiger partial charge on any atom is 0.318 e. The van der Waals surface area contributed by atoms with Gasteiger partial charge in [0.05, 0.1) is 6.04 Å². The van der Waals surface area contributed by atoms with Crippen molar-refractivity contribution in [3.05, 3.63) is 71.3 Å². The van der Waals surface area contributed by atoms with Gasteiger partial charge in [0.15, 0.2) is 0 Å². The number of hydrogen-bond acceptors (Lipinski definition) is 2. The molecule has 1 atom stereocenters. The number of hydrogen-bond donors (Lipinski definition) is 1. The van der Waals surface area contributed by atoms with E-state index in [4.69, 9.17) is 0 Å². The molecule has 0 radical (unpaired) electrons. The smallest absolute Gasteiger partial charge is 0.318 e. The molecule has 2 heterocycles. The molecule has 2 aromatic rings. The molecule has 0 aromatic heterocycles. The van der Waals surface area contributed by atoms with Crippen LogP contribution in [0.15, 0.2) is 54.6 Å². The molecule has 1 aliphatic carbocycles. The van der Waals surface area contributed by atoms with Crippen LogP contribution in [0.4, 0.5) is 4.79 Å². The first-order valence-electron chi connectivity index (χ1n) is 12.2. The molecule has 2 aromatic carbocycles. The lowest BCUT2D eigenvalue weighted by Crippen LogP contribution is -2.54. The predicted molar refractivity (Wildman–Crippen MR) is 125 cm³/mol. The van der Waals surface area contributed by atoms with Crippen LogP contribution in [0.3, 0.4) is 0 Å². The Morgan fingerprint density at radius 3 is 2.26 bits per heavy atom. The van der Waals surface area contributed by atoms with Gasteiger partial charge in [-0.15, -0.1) is 0 Å². The van der Waals surface area contributed by atoms with E-state index >= 15 is 0 Å². The summed E-state index contributed by atoms with van der Waals surface area (Å²) in [6.45, 7) is 2.93. The van der Waals surface area contributed by atoms with Crippen molar-refractivity contribution < 1.29 is 4.79 Å². The number of nitrogens with zero attached hydrogens (tertiary/aromatic N) is 2. The zero-order valence-corrected chi connectivity index (χ0v) is 18.5. The van der Waals surface area contributed by atoms with E-state index in [2.05, 4.69) is 69.7 Å². The summed E-state index contributed by atoms with van der Waals surface area (Å²) in [4.78, 5) is 18.3. The van der Waals surface area contributed by atoms with Crippen LogP contribution < -0.4 is 5.32 Å². The Morgan fingerprint density at radius 2 is 1.48 bits per heavy atom. The highest BCUT2D eigenvalue weighted by molar-refractivity contribution is 5.76. The molecule has 3 aliphatic rings. The Labute approximate surface area is 186 Å². The minimum absolute atomic E-state index is 0.0241. The Bertz CT molecular complexity index is 869. The number of urea groups is 1. The zero-order chi connectivity index (χ0) is 21.0. The molecular formula is C27H35N3O. The molecule has 1 N–H and O–H groups in total. The van der Waals surface area contributed by atoms with Crippen molar-refractivity contribution in [1.82, 2.24) is 15.1 Å². The fourth-order valence-corrected chi connectivity index (χ4v) is 6.02. The summed E-state index contributed by atoms with van der Waals surface area (Å²) in [5.74, 6) is 0. The second-order valence-electron chi connectivity index (χ2n) is 9.46. The fourth-order valence-electron chi connectivity index (χ4n) is 6.02. The largest absolute Gasteiger partial charge is 0.338 e. The molecule has 1 unspecified atom stereocenters. The number of piperidine rings is 1. The number of likely N-dealkylation sites (tertiary alicyclic amines) is 1.